The SMILES string of the molecule is CC1=NC2(CCN(C(=O)c3cc(Oc4ccc(CCN)cc4)ccc3F)CC2)C(=O)N1. The topological polar surface area (TPSA) is 97.0 Å². The van der Waals surface area contributed by atoms with E-state index in [1.165, 1.54) is 18.2 Å². The fraction of sp³-hybridized carbons (Fsp3) is 0.348. The number of aliphatic imine (C=N–C) groups is 1. The van der Waals surface area contributed by atoms with E-state index in [1.54, 1.807) is 11.8 Å². The van der Waals surface area contributed by atoms with Gasteiger partial charge in [-0.05, 0) is 68.6 Å². The minimum atomic E-state index is -0.805. The highest BCUT2D eigenvalue weighted by atomic mass is 19.1. The Morgan fingerprint density at radius 2 is 1.87 bits per heavy atom. The molecule has 31 heavy (non-hydrogen) atoms. The molecule has 0 radical (unpaired) electrons. The number of hydrogen-bond donors (Lipinski definition) is 2. The van der Waals surface area contributed by atoms with Crippen LogP contribution < -0.4 is 15.8 Å². The van der Waals surface area contributed by atoms with Crippen molar-refractivity contribution in [1.29, 1.82) is 0 Å². The van der Waals surface area contributed by atoms with E-state index in [2.05, 4.69) is 10.3 Å². The molecule has 1 spiro atoms. The predicted octanol–water partition coefficient (Wildman–Crippen LogP) is 2.64. The Hall–Kier alpha value is -3.26. The summed E-state index contributed by atoms with van der Waals surface area (Å²) in [5.74, 6) is 0.401. The molecule has 2 aromatic carbocycles. The van der Waals surface area contributed by atoms with Crippen LogP contribution in [0.1, 0.15) is 35.7 Å². The fourth-order valence-electron chi connectivity index (χ4n) is 4.03. The zero-order valence-corrected chi connectivity index (χ0v) is 17.4. The molecule has 2 heterocycles. The number of carbonyl (C=O) groups excluding carboxylic acids is 2. The van der Waals surface area contributed by atoms with E-state index in [0.717, 1.165) is 12.0 Å². The van der Waals surface area contributed by atoms with Gasteiger partial charge in [0, 0.05) is 13.1 Å². The maximum absolute atomic E-state index is 14.5. The number of hydrogen-bond acceptors (Lipinski definition) is 5. The largest absolute Gasteiger partial charge is 0.457 e. The molecule has 0 bridgehead atoms. The molecule has 2 amide bonds. The molecular weight excluding hydrogens is 399 g/mol. The minimum absolute atomic E-state index is 0.0521. The molecular formula is C23H25FN4O3. The summed E-state index contributed by atoms with van der Waals surface area (Å²) in [7, 11) is 0. The van der Waals surface area contributed by atoms with Gasteiger partial charge in [0.1, 0.15) is 28.7 Å². The summed E-state index contributed by atoms with van der Waals surface area (Å²) in [4.78, 5) is 31.2. The van der Waals surface area contributed by atoms with Gasteiger partial charge in [-0.15, -0.1) is 0 Å². The van der Waals surface area contributed by atoms with E-state index in [9.17, 15) is 14.0 Å². The number of nitrogens with one attached hydrogen (secondary N) is 1. The number of amides is 2. The summed E-state index contributed by atoms with van der Waals surface area (Å²) in [5.41, 5.74) is 5.80. The third-order valence-corrected chi connectivity index (χ3v) is 5.74. The standard InChI is InChI=1S/C23H25FN4O3/c1-15-26-22(30)23(27-15)9-12-28(13-10-23)21(29)19-14-18(6-7-20(19)24)31-17-4-2-16(3-5-17)8-11-25/h2-7,14H,8-13,25H2,1H3,(H,26,27,30). The van der Waals surface area contributed by atoms with Gasteiger partial charge in [0.2, 0.25) is 0 Å². The molecule has 1 fully saturated rings. The Labute approximate surface area is 180 Å². The molecule has 7 nitrogen and oxygen atoms in total. The number of halogens is 1. The van der Waals surface area contributed by atoms with E-state index in [1.807, 2.05) is 24.3 Å². The zero-order chi connectivity index (χ0) is 22.0. The second-order valence-corrected chi connectivity index (χ2v) is 7.90. The summed E-state index contributed by atoms with van der Waals surface area (Å²) < 4.78 is 20.3. The molecule has 0 aliphatic carbocycles. The van der Waals surface area contributed by atoms with Crippen molar-refractivity contribution in [3.63, 3.8) is 0 Å². The van der Waals surface area contributed by atoms with Gasteiger partial charge in [0.25, 0.3) is 11.8 Å². The number of likely N-dealkylation sites (tertiary alicyclic amines) is 1. The molecule has 4 rings (SSSR count). The highest BCUT2D eigenvalue weighted by molar-refractivity contribution is 6.07. The number of benzene rings is 2. The van der Waals surface area contributed by atoms with Gasteiger partial charge in [0.15, 0.2) is 0 Å². The Morgan fingerprint density at radius 3 is 2.48 bits per heavy atom. The number of piperidine rings is 1. The molecule has 162 valence electrons. The van der Waals surface area contributed by atoms with E-state index in [-0.39, 0.29) is 11.5 Å². The molecule has 2 aliphatic rings. The van der Waals surface area contributed by atoms with Crippen LogP contribution in [0.3, 0.4) is 0 Å². The van der Waals surface area contributed by atoms with Crippen LogP contribution in [0.15, 0.2) is 47.5 Å². The van der Waals surface area contributed by atoms with E-state index >= 15 is 0 Å². The van der Waals surface area contributed by atoms with E-state index in [0.29, 0.717) is 49.8 Å². The van der Waals surface area contributed by atoms with Crippen LogP contribution in [0, 0.1) is 5.82 Å². The van der Waals surface area contributed by atoms with Crippen molar-refractivity contribution < 1.29 is 18.7 Å². The molecule has 1 saturated heterocycles. The first-order chi connectivity index (χ1) is 14.9. The smallest absolute Gasteiger partial charge is 0.256 e. The second-order valence-electron chi connectivity index (χ2n) is 7.90. The van der Waals surface area contributed by atoms with Crippen molar-refractivity contribution in [3.05, 3.63) is 59.4 Å². The Kier molecular flexibility index (Phi) is 5.73. The normalized spacial score (nSPS) is 17.5. The van der Waals surface area contributed by atoms with Crippen molar-refractivity contribution in [3.8, 4) is 11.5 Å². The van der Waals surface area contributed by atoms with Crippen LogP contribution >= 0.6 is 0 Å². The Bertz CT molecular complexity index is 1030. The van der Waals surface area contributed by atoms with Crippen LogP contribution in [-0.4, -0.2) is 47.7 Å². The lowest BCUT2D eigenvalue weighted by Crippen LogP contribution is -2.50. The van der Waals surface area contributed by atoms with Crippen LogP contribution in [0.5, 0.6) is 11.5 Å². The summed E-state index contributed by atoms with van der Waals surface area (Å²) in [6.07, 6.45) is 1.60. The average Bonchev–Trinajstić information content (AvgIpc) is 3.03. The van der Waals surface area contributed by atoms with Crippen LogP contribution in [-0.2, 0) is 11.2 Å². The maximum Gasteiger partial charge on any atom is 0.256 e. The van der Waals surface area contributed by atoms with Crippen molar-refractivity contribution >= 4 is 17.6 Å². The average molecular weight is 424 g/mol. The quantitative estimate of drug-likeness (QED) is 0.771. The third-order valence-electron chi connectivity index (χ3n) is 5.74. The molecule has 8 heteroatoms. The molecule has 3 N–H and O–H groups in total. The van der Waals surface area contributed by atoms with Gasteiger partial charge in [-0.25, -0.2) is 4.39 Å². The van der Waals surface area contributed by atoms with Gasteiger partial charge in [-0.3, -0.25) is 14.6 Å². The van der Waals surface area contributed by atoms with Crippen molar-refractivity contribution in [2.45, 2.75) is 31.7 Å². The number of amidine groups is 1. The minimum Gasteiger partial charge on any atom is -0.457 e. The molecule has 2 aromatic rings. The molecule has 0 aromatic heterocycles. The summed E-state index contributed by atoms with van der Waals surface area (Å²) >= 11 is 0. The van der Waals surface area contributed by atoms with Gasteiger partial charge >= 0.3 is 0 Å². The lowest BCUT2D eigenvalue weighted by atomic mass is 9.87. The number of rotatable bonds is 5. The lowest BCUT2D eigenvalue weighted by Gasteiger charge is -2.35. The van der Waals surface area contributed by atoms with Gasteiger partial charge < -0.3 is 20.7 Å². The maximum atomic E-state index is 14.5. The Balaban J connectivity index is 1.46. The summed E-state index contributed by atoms with van der Waals surface area (Å²) in [6.45, 7) is 2.97. The van der Waals surface area contributed by atoms with Crippen LogP contribution in [0.25, 0.3) is 0 Å². The first-order valence-corrected chi connectivity index (χ1v) is 10.3. The fourth-order valence-corrected chi connectivity index (χ4v) is 4.03. The number of carbonyl (C=O) groups is 2. The van der Waals surface area contributed by atoms with E-state index < -0.39 is 17.3 Å². The highest BCUT2D eigenvalue weighted by Gasteiger charge is 2.45. The van der Waals surface area contributed by atoms with Crippen molar-refractivity contribution in [2.24, 2.45) is 10.7 Å². The predicted molar refractivity (Wildman–Crippen MR) is 115 cm³/mol. The third kappa shape index (κ3) is 4.29. The van der Waals surface area contributed by atoms with Crippen molar-refractivity contribution in [2.75, 3.05) is 19.6 Å². The Morgan fingerprint density at radius 1 is 1.19 bits per heavy atom. The van der Waals surface area contributed by atoms with Crippen molar-refractivity contribution in [1.82, 2.24) is 10.2 Å². The lowest BCUT2D eigenvalue weighted by molar-refractivity contribution is -0.125. The highest BCUT2D eigenvalue weighted by Crippen LogP contribution is 2.31. The van der Waals surface area contributed by atoms with E-state index in [4.69, 9.17) is 10.5 Å². The van der Waals surface area contributed by atoms with Crippen LogP contribution in [0.2, 0.25) is 0 Å². The first kappa shape index (κ1) is 21.0. The zero-order valence-electron chi connectivity index (χ0n) is 17.4. The molecule has 0 unspecified atom stereocenters. The molecule has 0 saturated carbocycles. The van der Waals surface area contributed by atoms with Gasteiger partial charge in [-0.1, -0.05) is 12.1 Å². The number of ether oxygens (including phenoxy) is 1. The number of nitrogens with zero attached hydrogens (tertiary/aromatic N) is 2. The van der Waals surface area contributed by atoms with Gasteiger partial charge in [0.05, 0.1) is 5.56 Å². The molecule has 0 atom stereocenters. The second kappa shape index (κ2) is 8.47. The van der Waals surface area contributed by atoms with Crippen LogP contribution in [0.4, 0.5) is 4.39 Å². The first-order valence-electron chi connectivity index (χ1n) is 10.3. The van der Waals surface area contributed by atoms with Gasteiger partial charge in [-0.2, -0.15) is 0 Å². The molecule has 2 aliphatic heterocycles. The summed E-state index contributed by atoms with van der Waals surface area (Å²) in [5, 5.41) is 2.73. The monoisotopic (exact) mass is 424 g/mol. The summed E-state index contributed by atoms with van der Waals surface area (Å²) in [6, 6.07) is 11.6. The number of nitrogens with two attached hydrogens (primary N) is 1.